The van der Waals surface area contributed by atoms with Crippen LogP contribution in [0.25, 0.3) is 11.6 Å². The van der Waals surface area contributed by atoms with Crippen LogP contribution in [0.4, 0.5) is 0 Å². The van der Waals surface area contributed by atoms with Gasteiger partial charge in [0.05, 0.1) is 24.7 Å². The molecule has 2 heterocycles. The molecule has 0 aromatic carbocycles. The number of aliphatic hydroxyl groups excluding tert-OH is 4. The number of hydrogen-bond donors (Lipinski definition) is 5. The van der Waals surface area contributed by atoms with Crippen LogP contribution in [-0.2, 0) is 0 Å². The molecule has 8 heteroatoms. The topological polar surface area (TPSA) is 136 Å². The number of H-pyrrole nitrogens is 1. The average Bonchev–Trinajstić information content (AvgIpc) is 3.05. The molecule has 0 unspecified atom stereocenters. The third kappa shape index (κ3) is 2.41. The number of rotatable bonds is 5. The van der Waals surface area contributed by atoms with Gasteiger partial charge in [-0.3, -0.25) is 0 Å². The van der Waals surface area contributed by atoms with E-state index in [-0.39, 0.29) is 5.69 Å². The molecule has 0 saturated heterocycles. The standard InChI is InChI=1S/C10H13N3O5/c14-4-6(15)9(17)8(16)5-3-11-10(13-5)7-1-2-12-18-7/h1-3,6,8-9,14-17H,4H2,(H,11,13)/t6-,8-,9-/m0/s1. The summed E-state index contributed by atoms with van der Waals surface area (Å²) < 4.78 is 4.86. The molecule has 0 saturated carbocycles. The molecular weight excluding hydrogens is 242 g/mol. The predicted molar refractivity (Wildman–Crippen MR) is 58.1 cm³/mol. The highest BCUT2D eigenvalue weighted by molar-refractivity contribution is 5.45. The lowest BCUT2D eigenvalue weighted by molar-refractivity contribution is -0.0788. The Kier molecular flexibility index (Phi) is 3.72. The molecule has 2 aromatic heterocycles. The van der Waals surface area contributed by atoms with Gasteiger partial charge in [0.2, 0.25) is 5.76 Å². The van der Waals surface area contributed by atoms with E-state index in [0.29, 0.717) is 11.6 Å². The molecule has 0 aliphatic heterocycles. The molecule has 98 valence electrons. The van der Waals surface area contributed by atoms with Crippen LogP contribution in [0.3, 0.4) is 0 Å². The summed E-state index contributed by atoms with van der Waals surface area (Å²) in [5.74, 6) is 0.720. The third-order valence-corrected chi connectivity index (χ3v) is 2.49. The van der Waals surface area contributed by atoms with Crippen molar-refractivity contribution < 1.29 is 24.9 Å². The van der Waals surface area contributed by atoms with Crippen molar-refractivity contribution in [2.24, 2.45) is 0 Å². The summed E-state index contributed by atoms with van der Waals surface area (Å²) in [5, 5.41) is 40.7. The number of hydrogen-bond acceptors (Lipinski definition) is 7. The number of imidazole rings is 1. The summed E-state index contributed by atoms with van der Waals surface area (Å²) in [5.41, 5.74) is 0.196. The Balaban J connectivity index is 2.15. The van der Waals surface area contributed by atoms with Gasteiger partial charge >= 0.3 is 0 Å². The second-order valence-corrected chi connectivity index (χ2v) is 3.75. The van der Waals surface area contributed by atoms with Gasteiger partial charge in [-0.25, -0.2) is 4.98 Å². The average molecular weight is 255 g/mol. The second-order valence-electron chi connectivity index (χ2n) is 3.75. The summed E-state index contributed by atoms with van der Waals surface area (Å²) in [4.78, 5) is 6.67. The minimum atomic E-state index is -1.52. The molecule has 18 heavy (non-hydrogen) atoms. The van der Waals surface area contributed by atoms with Crippen LogP contribution < -0.4 is 0 Å². The molecule has 5 N–H and O–H groups in total. The summed E-state index contributed by atoms with van der Waals surface area (Å²) in [7, 11) is 0. The predicted octanol–water partition coefficient (Wildman–Crippen LogP) is -1.19. The van der Waals surface area contributed by atoms with Crippen molar-refractivity contribution in [3.63, 3.8) is 0 Å². The Morgan fingerprint density at radius 3 is 2.72 bits per heavy atom. The van der Waals surface area contributed by atoms with Gasteiger partial charge in [-0.2, -0.15) is 0 Å². The van der Waals surface area contributed by atoms with E-state index in [4.69, 9.17) is 9.63 Å². The van der Waals surface area contributed by atoms with Gasteiger partial charge in [-0.15, -0.1) is 0 Å². The zero-order valence-corrected chi connectivity index (χ0v) is 9.26. The van der Waals surface area contributed by atoms with Crippen molar-refractivity contribution >= 4 is 0 Å². The molecule has 0 aliphatic rings. The van der Waals surface area contributed by atoms with E-state index in [1.165, 1.54) is 12.4 Å². The highest BCUT2D eigenvalue weighted by atomic mass is 16.5. The van der Waals surface area contributed by atoms with E-state index in [9.17, 15) is 15.3 Å². The zero-order valence-electron chi connectivity index (χ0n) is 9.26. The lowest BCUT2D eigenvalue weighted by atomic mass is 10.1. The first-order valence-corrected chi connectivity index (χ1v) is 5.24. The number of nitrogens with one attached hydrogen (secondary N) is 1. The molecule has 0 aliphatic carbocycles. The lowest BCUT2D eigenvalue weighted by Crippen LogP contribution is -2.34. The van der Waals surface area contributed by atoms with Gasteiger partial charge in [0, 0.05) is 6.07 Å². The largest absolute Gasteiger partial charge is 0.394 e. The number of aliphatic hydroxyl groups is 4. The van der Waals surface area contributed by atoms with E-state index < -0.39 is 24.9 Å². The summed E-state index contributed by atoms with van der Waals surface area (Å²) >= 11 is 0. The van der Waals surface area contributed by atoms with Gasteiger partial charge in [-0.1, -0.05) is 5.16 Å². The summed E-state index contributed by atoms with van der Waals surface area (Å²) in [6.07, 6.45) is -1.60. The van der Waals surface area contributed by atoms with E-state index in [1.807, 2.05) is 0 Å². The molecule has 2 aromatic rings. The van der Waals surface area contributed by atoms with Crippen molar-refractivity contribution in [2.75, 3.05) is 6.61 Å². The van der Waals surface area contributed by atoms with Crippen LogP contribution in [0.2, 0.25) is 0 Å². The van der Waals surface area contributed by atoms with Crippen molar-refractivity contribution in [1.82, 2.24) is 15.1 Å². The SMILES string of the molecule is OC[C@H](O)[C@H](O)[C@@H](O)c1cnc(-c2ccno2)[nH]1. The van der Waals surface area contributed by atoms with E-state index in [0.717, 1.165) is 0 Å². The number of aromatic amines is 1. The quantitative estimate of drug-likeness (QED) is 0.453. The molecule has 3 atom stereocenters. The molecule has 0 fully saturated rings. The maximum absolute atomic E-state index is 9.76. The van der Waals surface area contributed by atoms with Crippen LogP contribution in [0, 0.1) is 0 Å². The zero-order chi connectivity index (χ0) is 13.1. The Morgan fingerprint density at radius 1 is 1.33 bits per heavy atom. The summed E-state index contributed by atoms with van der Waals surface area (Å²) in [6, 6.07) is 1.58. The van der Waals surface area contributed by atoms with E-state index >= 15 is 0 Å². The third-order valence-electron chi connectivity index (χ3n) is 2.49. The molecule has 0 amide bonds. The molecule has 2 rings (SSSR count). The monoisotopic (exact) mass is 255 g/mol. The first-order chi connectivity index (χ1) is 8.63. The van der Waals surface area contributed by atoms with Crippen LogP contribution in [0.1, 0.15) is 11.8 Å². The van der Waals surface area contributed by atoms with Crippen molar-refractivity contribution in [2.45, 2.75) is 18.3 Å². The fourth-order valence-electron chi connectivity index (χ4n) is 1.45. The molecule has 0 spiro atoms. The van der Waals surface area contributed by atoms with Crippen LogP contribution in [0.5, 0.6) is 0 Å². The van der Waals surface area contributed by atoms with Gasteiger partial charge in [-0.05, 0) is 0 Å². The molecule has 8 nitrogen and oxygen atoms in total. The fraction of sp³-hybridized carbons (Fsp3) is 0.400. The highest BCUT2D eigenvalue weighted by Crippen LogP contribution is 2.21. The highest BCUT2D eigenvalue weighted by Gasteiger charge is 2.27. The Bertz CT molecular complexity index is 483. The van der Waals surface area contributed by atoms with Crippen molar-refractivity contribution in [1.29, 1.82) is 0 Å². The van der Waals surface area contributed by atoms with Crippen LogP contribution in [0.15, 0.2) is 23.0 Å². The minimum absolute atomic E-state index is 0.196. The van der Waals surface area contributed by atoms with Crippen LogP contribution in [-0.4, -0.2) is 54.4 Å². The van der Waals surface area contributed by atoms with E-state index in [2.05, 4.69) is 15.1 Å². The molecule has 0 radical (unpaired) electrons. The second kappa shape index (κ2) is 5.27. The lowest BCUT2D eigenvalue weighted by Gasteiger charge is -2.20. The minimum Gasteiger partial charge on any atom is -0.394 e. The fourth-order valence-corrected chi connectivity index (χ4v) is 1.45. The number of aromatic nitrogens is 3. The van der Waals surface area contributed by atoms with Gasteiger partial charge in [0.25, 0.3) is 0 Å². The maximum atomic E-state index is 9.76. The Labute approximate surface area is 102 Å². The van der Waals surface area contributed by atoms with Gasteiger partial charge in [0.15, 0.2) is 5.82 Å². The molecule has 0 bridgehead atoms. The van der Waals surface area contributed by atoms with E-state index in [1.54, 1.807) is 6.07 Å². The maximum Gasteiger partial charge on any atom is 0.202 e. The molecular formula is C10H13N3O5. The number of nitrogens with zero attached hydrogens (tertiary/aromatic N) is 2. The van der Waals surface area contributed by atoms with Crippen molar-refractivity contribution in [3.05, 3.63) is 24.2 Å². The first-order valence-electron chi connectivity index (χ1n) is 5.24. The normalized spacial score (nSPS) is 16.4. The Hall–Kier alpha value is -1.74. The summed E-state index contributed by atoms with van der Waals surface area (Å²) in [6.45, 7) is -0.651. The van der Waals surface area contributed by atoms with Gasteiger partial charge in [0.1, 0.15) is 18.3 Å². The first kappa shape index (κ1) is 12.7. The smallest absolute Gasteiger partial charge is 0.202 e. The van der Waals surface area contributed by atoms with Gasteiger partial charge < -0.3 is 29.9 Å². The Morgan fingerprint density at radius 2 is 2.11 bits per heavy atom. The van der Waals surface area contributed by atoms with Crippen LogP contribution >= 0.6 is 0 Å². The van der Waals surface area contributed by atoms with Crippen molar-refractivity contribution in [3.8, 4) is 11.6 Å².